The van der Waals surface area contributed by atoms with Crippen LogP contribution in [0.2, 0.25) is 0 Å². The van der Waals surface area contributed by atoms with Crippen LogP contribution in [0.25, 0.3) is 0 Å². The summed E-state index contributed by atoms with van der Waals surface area (Å²) in [5.41, 5.74) is 1.99. The Balaban J connectivity index is 1.52. The highest BCUT2D eigenvalue weighted by Gasteiger charge is 2.25. The molecule has 1 unspecified atom stereocenters. The first-order valence-electron chi connectivity index (χ1n) is 8.22. The highest BCUT2D eigenvalue weighted by Crippen LogP contribution is 2.20. The maximum Gasteiger partial charge on any atom is 0.243 e. The summed E-state index contributed by atoms with van der Waals surface area (Å²) in [5, 5.41) is 3.99. The molecule has 7 nitrogen and oxygen atoms in total. The molecule has 0 amide bonds. The first kappa shape index (κ1) is 16.0. The van der Waals surface area contributed by atoms with Crippen LogP contribution < -0.4 is 0 Å². The summed E-state index contributed by atoms with van der Waals surface area (Å²) < 4.78 is 5.37. The molecule has 3 rings (SSSR count). The van der Waals surface area contributed by atoms with Crippen LogP contribution in [0.3, 0.4) is 0 Å². The number of rotatable bonds is 5. The van der Waals surface area contributed by atoms with Gasteiger partial charge < -0.3 is 4.52 Å². The zero-order chi connectivity index (χ0) is 16.2. The molecule has 0 N–H and O–H groups in total. The molecule has 0 radical (unpaired) electrons. The van der Waals surface area contributed by atoms with Crippen molar-refractivity contribution in [2.45, 2.75) is 39.8 Å². The predicted octanol–water partition coefficient (Wildman–Crippen LogP) is 1.61. The molecular formula is C16H24N6O. The highest BCUT2D eigenvalue weighted by molar-refractivity contribution is 5.01. The topological polar surface area (TPSA) is 71.2 Å². The van der Waals surface area contributed by atoms with Crippen LogP contribution >= 0.6 is 0 Å². The van der Waals surface area contributed by atoms with Gasteiger partial charge in [-0.3, -0.25) is 19.8 Å². The van der Waals surface area contributed by atoms with E-state index in [9.17, 15) is 0 Å². The van der Waals surface area contributed by atoms with Crippen molar-refractivity contribution in [2.24, 2.45) is 0 Å². The zero-order valence-corrected chi connectivity index (χ0v) is 14.1. The molecule has 3 heterocycles. The van der Waals surface area contributed by atoms with Crippen molar-refractivity contribution in [2.75, 3.05) is 26.2 Å². The van der Waals surface area contributed by atoms with Gasteiger partial charge in [0.15, 0.2) is 5.82 Å². The highest BCUT2D eigenvalue weighted by atomic mass is 16.5. The quantitative estimate of drug-likeness (QED) is 0.830. The van der Waals surface area contributed by atoms with Crippen LogP contribution in [0.4, 0.5) is 0 Å². The third kappa shape index (κ3) is 3.92. The van der Waals surface area contributed by atoms with Crippen molar-refractivity contribution >= 4 is 0 Å². The van der Waals surface area contributed by atoms with E-state index in [0.29, 0.717) is 0 Å². The Morgan fingerprint density at radius 3 is 2.57 bits per heavy atom. The Morgan fingerprint density at radius 2 is 1.96 bits per heavy atom. The van der Waals surface area contributed by atoms with E-state index in [1.165, 1.54) is 0 Å². The first-order valence-corrected chi connectivity index (χ1v) is 8.22. The fourth-order valence-corrected chi connectivity index (χ4v) is 2.78. The van der Waals surface area contributed by atoms with Gasteiger partial charge in [0.05, 0.1) is 17.4 Å². The van der Waals surface area contributed by atoms with E-state index in [4.69, 9.17) is 4.52 Å². The number of piperazine rings is 1. The number of nitrogens with zero attached hydrogens (tertiary/aromatic N) is 6. The van der Waals surface area contributed by atoms with E-state index in [2.05, 4.69) is 36.8 Å². The van der Waals surface area contributed by atoms with Crippen LogP contribution in [-0.2, 0) is 13.0 Å². The van der Waals surface area contributed by atoms with Gasteiger partial charge in [0.1, 0.15) is 0 Å². The van der Waals surface area contributed by atoms with Crippen molar-refractivity contribution in [3.8, 4) is 0 Å². The van der Waals surface area contributed by atoms with E-state index in [1.54, 1.807) is 0 Å². The van der Waals surface area contributed by atoms with E-state index in [1.807, 2.05) is 26.2 Å². The van der Waals surface area contributed by atoms with Gasteiger partial charge in [0, 0.05) is 51.5 Å². The van der Waals surface area contributed by atoms with E-state index in [0.717, 1.165) is 62.2 Å². The molecule has 0 spiro atoms. The Kier molecular flexibility index (Phi) is 4.97. The van der Waals surface area contributed by atoms with E-state index in [-0.39, 0.29) is 6.04 Å². The van der Waals surface area contributed by atoms with Crippen molar-refractivity contribution in [3.05, 3.63) is 35.5 Å². The molecule has 1 aliphatic heterocycles. The average molecular weight is 316 g/mol. The lowest BCUT2D eigenvalue weighted by molar-refractivity contribution is 0.0838. The lowest BCUT2D eigenvalue weighted by Gasteiger charge is -2.36. The molecule has 7 heteroatoms. The van der Waals surface area contributed by atoms with Gasteiger partial charge in [-0.25, -0.2) is 0 Å². The molecule has 23 heavy (non-hydrogen) atoms. The molecule has 0 aromatic carbocycles. The van der Waals surface area contributed by atoms with Crippen molar-refractivity contribution < 1.29 is 4.52 Å². The normalized spacial score (nSPS) is 18.2. The molecule has 1 aliphatic rings. The second kappa shape index (κ2) is 7.14. The molecule has 2 aromatic heterocycles. The van der Waals surface area contributed by atoms with Gasteiger partial charge in [0.2, 0.25) is 5.89 Å². The van der Waals surface area contributed by atoms with Crippen LogP contribution in [0.15, 0.2) is 16.9 Å². The smallest absolute Gasteiger partial charge is 0.243 e. The van der Waals surface area contributed by atoms with Gasteiger partial charge in [0.25, 0.3) is 0 Å². The average Bonchev–Trinajstić information content (AvgIpc) is 3.06. The number of hydrogen-bond acceptors (Lipinski definition) is 7. The summed E-state index contributed by atoms with van der Waals surface area (Å²) in [6.45, 7) is 11.0. The van der Waals surface area contributed by atoms with E-state index >= 15 is 0 Å². The molecule has 0 saturated carbocycles. The Morgan fingerprint density at radius 1 is 1.17 bits per heavy atom. The van der Waals surface area contributed by atoms with Crippen LogP contribution in [0.5, 0.6) is 0 Å². The number of aryl methyl sites for hydroxylation is 2. The predicted molar refractivity (Wildman–Crippen MR) is 85.7 cm³/mol. The van der Waals surface area contributed by atoms with Crippen LogP contribution in [0, 0.1) is 6.92 Å². The minimum Gasteiger partial charge on any atom is -0.338 e. The SMILES string of the molecule is CCc1noc(C(C)N2CCN(Cc3cnc(C)cn3)CC2)n1. The third-order valence-corrected chi connectivity index (χ3v) is 4.33. The van der Waals surface area contributed by atoms with Crippen molar-refractivity contribution in [1.82, 2.24) is 29.9 Å². The lowest BCUT2D eigenvalue weighted by atomic mass is 10.2. The first-order chi connectivity index (χ1) is 11.2. The van der Waals surface area contributed by atoms with Gasteiger partial charge in [-0.2, -0.15) is 4.98 Å². The summed E-state index contributed by atoms with van der Waals surface area (Å²) >= 11 is 0. The third-order valence-electron chi connectivity index (χ3n) is 4.33. The maximum atomic E-state index is 5.37. The van der Waals surface area contributed by atoms with Crippen molar-refractivity contribution in [1.29, 1.82) is 0 Å². The molecule has 1 fully saturated rings. The molecule has 0 aliphatic carbocycles. The standard InChI is InChI=1S/C16H24N6O/c1-4-15-19-16(23-20-15)13(3)22-7-5-21(6-8-22)11-14-10-17-12(2)9-18-14/h9-10,13H,4-8,11H2,1-3H3. The van der Waals surface area contributed by atoms with Gasteiger partial charge in [-0.1, -0.05) is 12.1 Å². The van der Waals surface area contributed by atoms with Crippen LogP contribution in [0.1, 0.15) is 43.0 Å². The molecule has 1 saturated heterocycles. The Bertz CT molecular complexity index is 618. The molecular weight excluding hydrogens is 292 g/mol. The fraction of sp³-hybridized carbons (Fsp3) is 0.625. The van der Waals surface area contributed by atoms with E-state index < -0.39 is 0 Å². The number of hydrogen-bond donors (Lipinski definition) is 0. The summed E-state index contributed by atoms with van der Waals surface area (Å²) in [6.07, 6.45) is 4.51. The fourth-order valence-electron chi connectivity index (χ4n) is 2.78. The minimum atomic E-state index is 0.170. The second-order valence-corrected chi connectivity index (χ2v) is 6.04. The van der Waals surface area contributed by atoms with Gasteiger partial charge in [-0.15, -0.1) is 0 Å². The monoisotopic (exact) mass is 316 g/mol. The maximum absolute atomic E-state index is 5.37. The van der Waals surface area contributed by atoms with Crippen LogP contribution in [-0.4, -0.2) is 56.1 Å². The molecule has 1 atom stereocenters. The zero-order valence-electron chi connectivity index (χ0n) is 14.1. The largest absolute Gasteiger partial charge is 0.338 e. The van der Waals surface area contributed by atoms with Crippen molar-refractivity contribution in [3.63, 3.8) is 0 Å². The summed E-state index contributed by atoms with van der Waals surface area (Å²) in [7, 11) is 0. The summed E-state index contributed by atoms with van der Waals surface area (Å²) in [5.74, 6) is 1.50. The Labute approximate surface area is 136 Å². The summed E-state index contributed by atoms with van der Waals surface area (Å²) in [6, 6.07) is 0.170. The lowest BCUT2D eigenvalue weighted by Crippen LogP contribution is -2.46. The molecule has 124 valence electrons. The summed E-state index contributed by atoms with van der Waals surface area (Å²) in [4.78, 5) is 18.0. The molecule has 2 aromatic rings. The second-order valence-electron chi connectivity index (χ2n) is 6.04. The molecule has 0 bridgehead atoms. The van der Waals surface area contributed by atoms with Gasteiger partial charge in [-0.05, 0) is 13.8 Å². The van der Waals surface area contributed by atoms with Gasteiger partial charge >= 0.3 is 0 Å². The minimum absolute atomic E-state index is 0.170. The number of aromatic nitrogens is 4. The Hall–Kier alpha value is -1.86.